The van der Waals surface area contributed by atoms with Gasteiger partial charge < -0.3 is 9.47 Å². The van der Waals surface area contributed by atoms with E-state index in [1.165, 1.54) is 25.0 Å². The van der Waals surface area contributed by atoms with Crippen LogP contribution in [0.5, 0.6) is 5.75 Å². The number of halogens is 7. The first-order valence-corrected chi connectivity index (χ1v) is 13.7. The molecule has 1 heterocycles. The molecule has 2 atom stereocenters. The van der Waals surface area contributed by atoms with Crippen molar-refractivity contribution in [3.8, 4) is 5.75 Å². The largest absolute Gasteiger partial charge is 0.496 e. The zero-order valence-electron chi connectivity index (χ0n) is 24.3. The van der Waals surface area contributed by atoms with Gasteiger partial charge in [-0.2, -0.15) is 26.3 Å². The molecule has 42 heavy (non-hydrogen) atoms. The Morgan fingerprint density at radius 1 is 1.02 bits per heavy atom. The number of ether oxygens (including phenoxy) is 2. The average molecular weight is 602 g/mol. The first-order valence-electron chi connectivity index (χ1n) is 13.7. The summed E-state index contributed by atoms with van der Waals surface area (Å²) in [7, 11) is 1.44. The van der Waals surface area contributed by atoms with Crippen LogP contribution in [0.2, 0.25) is 0 Å². The molecule has 0 N–H and O–H groups in total. The van der Waals surface area contributed by atoms with Crippen molar-refractivity contribution in [2.75, 3.05) is 13.7 Å². The van der Waals surface area contributed by atoms with Gasteiger partial charge in [0.1, 0.15) is 17.7 Å². The number of nitrogens with zero attached hydrogens (tertiary/aromatic N) is 1. The van der Waals surface area contributed by atoms with Gasteiger partial charge in [0, 0.05) is 18.2 Å². The maximum Gasteiger partial charge on any atom is 0.416 e. The number of allylic oxidation sites excluding steroid dienone is 1. The number of hydrogen-bond donors (Lipinski definition) is 0. The molecule has 2 aliphatic rings. The molecule has 0 bridgehead atoms. The molecule has 0 saturated carbocycles. The summed E-state index contributed by atoms with van der Waals surface area (Å²) in [6, 6.07) is 3.45. The maximum absolute atomic E-state index is 14.8. The summed E-state index contributed by atoms with van der Waals surface area (Å²) in [5, 5.41) is 0. The van der Waals surface area contributed by atoms with Crippen molar-refractivity contribution in [1.29, 1.82) is 0 Å². The Bertz CT molecular complexity index is 1360. The van der Waals surface area contributed by atoms with E-state index in [0.29, 0.717) is 41.9 Å². The molecular formula is C31H34F7NO3. The molecule has 0 radical (unpaired) electrons. The van der Waals surface area contributed by atoms with Crippen LogP contribution in [-0.2, 0) is 17.1 Å². The fourth-order valence-corrected chi connectivity index (χ4v) is 5.82. The van der Waals surface area contributed by atoms with Crippen LogP contribution >= 0.6 is 0 Å². The number of amides is 1. The van der Waals surface area contributed by atoms with Crippen LogP contribution in [0.4, 0.5) is 35.5 Å². The summed E-state index contributed by atoms with van der Waals surface area (Å²) < 4.78 is 107. The lowest BCUT2D eigenvalue weighted by Crippen LogP contribution is -2.35. The summed E-state index contributed by atoms with van der Waals surface area (Å²) in [5.74, 6) is -0.174. The smallest absolute Gasteiger partial charge is 0.416 e. The van der Waals surface area contributed by atoms with Crippen LogP contribution in [0, 0.1) is 11.2 Å². The van der Waals surface area contributed by atoms with E-state index in [1.807, 2.05) is 13.8 Å². The molecule has 1 fully saturated rings. The van der Waals surface area contributed by atoms with Gasteiger partial charge in [-0.15, -0.1) is 0 Å². The van der Waals surface area contributed by atoms with Crippen LogP contribution in [0.1, 0.15) is 93.7 Å². The van der Waals surface area contributed by atoms with Gasteiger partial charge in [0.2, 0.25) is 0 Å². The lowest BCUT2D eigenvalue weighted by molar-refractivity contribution is -0.143. The fourth-order valence-electron chi connectivity index (χ4n) is 5.82. The van der Waals surface area contributed by atoms with Crippen molar-refractivity contribution in [1.82, 2.24) is 4.90 Å². The monoisotopic (exact) mass is 601 g/mol. The minimum Gasteiger partial charge on any atom is -0.496 e. The van der Waals surface area contributed by atoms with Gasteiger partial charge in [0.05, 0.1) is 24.3 Å². The minimum atomic E-state index is -5.03. The average Bonchev–Trinajstić information content (AvgIpc) is 3.15. The van der Waals surface area contributed by atoms with Crippen molar-refractivity contribution in [2.45, 2.75) is 84.3 Å². The van der Waals surface area contributed by atoms with E-state index in [4.69, 9.17) is 9.47 Å². The second kappa shape index (κ2) is 11.1. The molecular weight excluding hydrogens is 567 g/mol. The van der Waals surface area contributed by atoms with Crippen molar-refractivity contribution >= 4 is 11.7 Å². The molecule has 0 spiro atoms. The predicted octanol–water partition coefficient (Wildman–Crippen LogP) is 9.54. The fraction of sp³-hybridized carbons (Fsp3) is 0.516. The van der Waals surface area contributed by atoms with Crippen molar-refractivity contribution in [3.05, 3.63) is 69.5 Å². The molecule has 0 unspecified atom stereocenters. The van der Waals surface area contributed by atoms with Gasteiger partial charge >= 0.3 is 18.4 Å². The molecule has 1 aliphatic carbocycles. The predicted molar refractivity (Wildman–Crippen MR) is 143 cm³/mol. The minimum absolute atomic E-state index is 0.0396. The Balaban J connectivity index is 1.76. The summed E-state index contributed by atoms with van der Waals surface area (Å²) in [5.41, 5.74) is -0.582. The number of carbonyl (C=O) groups excluding carboxylic acids is 1. The van der Waals surface area contributed by atoms with Gasteiger partial charge in [-0.25, -0.2) is 9.18 Å². The highest BCUT2D eigenvalue weighted by atomic mass is 19.4. The Kier molecular flexibility index (Phi) is 8.39. The second-order valence-electron chi connectivity index (χ2n) is 12.2. The molecule has 230 valence electrons. The summed E-state index contributed by atoms with van der Waals surface area (Å²) >= 11 is 0. The van der Waals surface area contributed by atoms with Crippen LogP contribution in [0.3, 0.4) is 0 Å². The molecule has 0 aromatic heterocycles. The molecule has 1 aliphatic heterocycles. The van der Waals surface area contributed by atoms with Crippen LogP contribution in [0.15, 0.2) is 35.9 Å². The van der Waals surface area contributed by atoms with Gasteiger partial charge in [0.15, 0.2) is 0 Å². The van der Waals surface area contributed by atoms with E-state index < -0.39 is 47.5 Å². The summed E-state index contributed by atoms with van der Waals surface area (Å²) in [4.78, 5) is 14.4. The first-order chi connectivity index (χ1) is 19.3. The highest BCUT2D eigenvalue weighted by Crippen LogP contribution is 2.47. The van der Waals surface area contributed by atoms with Gasteiger partial charge in [0.25, 0.3) is 0 Å². The topological polar surface area (TPSA) is 38.8 Å². The zero-order valence-corrected chi connectivity index (χ0v) is 24.3. The Morgan fingerprint density at radius 2 is 1.62 bits per heavy atom. The third-order valence-electron chi connectivity index (χ3n) is 8.13. The summed E-state index contributed by atoms with van der Waals surface area (Å²) in [6.45, 7) is 9.45. The lowest BCUT2D eigenvalue weighted by Gasteiger charge is -2.36. The van der Waals surface area contributed by atoms with E-state index >= 15 is 0 Å². The number of hydrogen-bond acceptors (Lipinski definition) is 3. The SMILES string of the molecule is COc1cc(F)c(C(C)C)cc1C1=C(CN2C(=O)O[C@@H](c3cc(C(F)(F)F)cc(C(F)(F)F)c3)[C@@H]2C)CC(C)(C)CC1. The first kappa shape index (κ1) is 31.7. The van der Waals surface area contributed by atoms with Gasteiger partial charge in [-0.1, -0.05) is 27.7 Å². The number of rotatable bonds is 6. The third kappa shape index (κ3) is 6.39. The number of alkyl halides is 6. The molecule has 4 nitrogen and oxygen atoms in total. The van der Waals surface area contributed by atoms with Crippen LogP contribution in [-0.4, -0.2) is 30.7 Å². The molecule has 1 amide bonds. The Labute approximate surface area is 240 Å². The standard InChI is InChI=1S/C31H34F7NO3/c1-16(2)23-12-24(26(41-6)13-25(23)32)22-7-8-29(4,5)14-19(22)15-39-17(3)27(42-28(39)40)18-9-20(30(33,34)35)11-21(10-18)31(36,37)38/h9-13,16-17,27H,7-8,14-15H2,1-6H3/t17-,27+/m0/s1. The highest BCUT2D eigenvalue weighted by Gasteiger charge is 2.44. The maximum atomic E-state index is 14.8. The summed E-state index contributed by atoms with van der Waals surface area (Å²) in [6.07, 6.45) is -10.3. The number of cyclic esters (lactones) is 1. The number of benzene rings is 2. The van der Waals surface area contributed by atoms with E-state index in [2.05, 4.69) is 13.8 Å². The Morgan fingerprint density at radius 3 is 2.14 bits per heavy atom. The molecule has 1 saturated heterocycles. The normalized spacial score (nSPS) is 21.3. The Hall–Kier alpha value is -3.24. The number of carbonyl (C=O) groups is 1. The van der Waals surface area contributed by atoms with Crippen molar-refractivity contribution < 1.29 is 45.0 Å². The van der Waals surface area contributed by atoms with E-state index in [1.54, 1.807) is 6.07 Å². The highest BCUT2D eigenvalue weighted by molar-refractivity contribution is 5.77. The quantitative estimate of drug-likeness (QED) is 0.310. The molecule has 2 aromatic rings. The lowest BCUT2D eigenvalue weighted by atomic mass is 9.72. The van der Waals surface area contributed by atoms with Gasteiger partial charge in [-0.3, -0.25) is 4.90 Å². The zero-order chi connectivity index (χ0) is 31.4. The van der Waals surface area contributed by atoms with E-state index in [0.717, 1.165) is 17.6 Å². The van der Waals surface area contributed by atoms with Crippen molar-refractivity contribution in [3.63, 3.8) is 0 Å². The van der Waals surface area contributed by atoms with Crippen LogP contribution < -0.4 is 4.74 Å². The number of methoxy groups -OCH3 is 1. The van der Waals surface area contributed by atoms with E-state index in [9.17, 15) is 35.5 Å². The van der Waals surface area contributed by atoms with Crippen LogP contribution in [0.25, 0.3) is 5.57 Å². The molecule has 4 rings (SSSR count). The van der Waals surface area contributed by atoms with E-state index in [-0.39, 0.29) is 29.5 Å². The van der Waals surface area contributed by atoms with Gasteiger partial charge in [-0.05, 0) is 84.1 Å². The second-order valence-corrected chi connectivity index (χ2v) is 12.2. The molecule has 2 aromatic carbocycles. The third-order valence-corrected chi connectivity index (χ3v) is 8.13. The molecule has 11 heteroatoms. The van der Waals surface area contributed by atoms with Crippen molar-refractivity contribution in [2.24, 2.45) is 5.41 Å².